The van der Waals surface area contributed by atoms with Gasteiger partial charge in [0.2, 0.25) is 23.8 Å². The number of rotatable bonds is 4. The Balaban J connectivity index is 2.37. The zero-order valence-electron chi connectivity index (χ0n) is 23.5. The van der Waals surface area contributed by atoms with E-state index in [0.717, 1.165) is 12.1 Å². The molecule has 0 spiro atoms. The summed E-state index contributed by atoms with van der Waals surface area (Å²) in [4.78, 5) is 3.75. The molecule has 260 valence electrons. The molecule has 0 N–H and O–H groups in total. The van der Waals surface area contributed by atoms with Crippen molar-refractivity contribution in [3.63, 3.8) is 0 Å². The lowest BCUT2D eigenvalue weighted by atomic mass is 9.96. The number of hydrogen-bond donors (Lipinski definition) is 0. The quantitative estimate of drug-likeness (QED) is 0.115. The molecule has 0 bridgehead atoms. The fourth-order valence-corrected chi connectivity index (χ4v) is 8.43. The summed E-state index contributed by atoms with van der Waals surface area (Å²) in [6, 6.07) is 2.15. The van der Waals surface area contributed by atoms with Crippen LogP contribution in [0.3, 0.4) is 0 Å². The molecular formula is C28H8F14N6S2. The van der Waals surface area contributed by atoms with Crippen LogP contribution in [-0.4, -0.2) is 9.97 Å². The van der Waals surface area contributed by atoms with E-state index >= 15 is 38.9 Å². The summed E-state index contributed by atoms with van der Waals surface area (Å²) >= 11 is 0. The van der Waals surface area contributed by atoms with E-state index in [1.165, 1.54) is 0 Å². The van der Waals surface area contributed by atoms with Crippen molar-refractivity contribution in [3.8, 4) is 12.1 Å². The van der Waals surface area contributed by atoms with E-state index in [2.05, 4.69) is 19.7 Å². The Morgan fingerprint density at radius 2 is 0.920 bits per heavy atom. The highest BCUT2D eigenvalue weighted by atomic mass is 32.5. The third kappa shape index (κ3) is 5.97. The maximum atomic E-state index is 15.3. The first kappa shape index (κ1) is 35.7. The molecule has 0 saturated heterocycles. The largest absolute Gasteiger partial charge is 0.523 e. The summed E-state index contributed by atoms with van der Waals surface area (Å²) in [6.45, 7) is 14.4. The Bertz CT molecular complexity index is 2280. The summed E-state index contributed by atoms with van der Waals surface area (Å²) in [5, 5.41) is 14.1. The van der Waals surface area contributed by atoms with E-state index in [1.54, 1.807) is 0 Å². The Morgan fingerprint density at radius 3 is 1.22 bits per heavy atom. The zero-order valence-corrected chi connectivity index (χ0v) is 25.1. The van der Waals surface area contributed by atoms with Gasteiger partial charge >= 0.3 is 26.3 Å². The Morgan fingerprint density at radius 1 is 0.600 bits per heavy atom. The smallest absolute Gasteiger partial charge is 0.192 e. The molecule has 2 aliphatic carbocycles. The molecule has 2 heterocycles. The Labute approximate surface area is 269 Å². The highest BCUT2D eigenvalue weighted by Crippen LogP contribution is 3.04. The van der Waals surface area contributed by atoms with Crippen molar-refractivity contribution in [1.82, 2.24) is 9.97 Å². The first-order valence-electron chi connectivity index (χ1n) is 12.7. The molecule has 6 nitrogen and oxygen atoms in total. The van der Waals surface area contributed by atoms with Gasteiger partial charge in [0, 0.05) is 41.1 Å². The molecule has 3 aromatic rings. The molecule has 0 atom stereocenters. The van der Waals surface area contributed by atoms with Gasteiger partial charge in [0.1, 0.15) is 40.6 Å². The minimum atomic E-state index is -11.6. The molecule has 0 fully saturated rings. The van der Waals surface area contributed by atoms with Crippen molar-refractivity contribution >= 4 is 31.6 Å². The average molecular weight is 759 g/mol. The zero-order chi connectivity index (χ0) is 37.7. The van der Waals surface area contributed by atoms with Gasteiger partial charge in [0.05, 0.1) is 5.57 Å². The molecule has 0 aliphatic heterocycles. The summed E-state index contributed by atoms with van der Waals surface area (Å²) in [7, 11) is -23.3. The standard InChI is InChI=1S/C28H8F14N6S2/c1-45-28(46-2)17-8-16-25(23(17)12-5-20(31)48-21(32)6-12)26(49(33,34,35,36)37)15-7-14(13(9-43)10-44)22(11-3-18(29)47-19(30)4-11)24(15)27(16)50(38,39,40,41)42/h3-6H,7-8H2. The lowest BCUT2D eigenvalue weighted by Crippen LogP contribution is -2.34. The summed E-state index contributed by atoms with van der Waals surface area (Å²) in [6.07, 6.45) is -3.98. The number of allylic oxidation sites excluding steroid dienone is 3. The summed E-state index contributed by atoms with van der Waals surface area (Å²) in [5.41, 5.74) is -15.0. The van der Waals surface area contributed by atoms with Crippen molar-refractivity contribution in [1.29, 1.82) is 10.5 Å². The molecule has 1 aromatic carbocycles. The number of halogens is 14. The molecule has 0 saturated carbocycles. The summed E-state index contributed by atoms with van der Waals surface area (Å²) < 4.78 is 210. The predicted octanol–water partition coefficient (Wildman–Crippen LogP) is 9.25. The van der Waals surface area contributed by atoms with Gasteiger partial charge in [-0.15, -0.1) is 0 Å². The van der Waals surface area contributed by atoms with Crippen LogP contribution in [0.1, 0.15) is 22.3 Å². The Kier molecular flexibility index (Phi) is 6.83. The molecule has 0 radical (unpaired) electrons. The average Bonchev–Trinajstić information content (AvgIpc) is 3.47. The molecular weight excluding hydrogens is 750 g/mol. The Hall–Kier alpha value is -5.58. The topological polar surface area (TPSA) is 82.1 Å². The van der Waals surface area contributed by atoms with Crippen LogP contribution in [0.5, 0.6) is 0 Å². The minimum Gasteiger partial charge on any atom is -0.192 e. The number of nitriles is 2. The lowest BCUT2D eigenvalue weighted by molar-refractivity contribution is 0.352. The van der Waals surface area contributed by atoms with Gasteiger partial charge < -0.3 is 0 Å². The van der Waals surface area contributed by atoms with Crippen molar-refractivity contribution in [3.05, 3.63) is 126 Å². The highest BCUT2D eigenvalue weighted by Gasteiger charge is 2.72. The number of benzene rings is 1. The number of aromatic nitrogens is 2. The normalized spacial score (nSPS) is 16.8. The van der Waals surface area contributed by atoms with Gasteiger partial charge in [-0.05, 0) is 45.4 Å². The van der Waals surface area contributed by atoms with Crippen LogP contribution < -0.4 is 10.4 Å². The van der Waals surface area contributed by atoms with Crippen LogP contribution in [0.4, 0.5) is 56.4 Å². The van der Waals surface area contributed by atoms with Crippen LogP contribution >= 0.6 is 20.4 Å². The second kappa shape index (κ2) is 9.56. The van der Waals surface area contributed by atoms with Crippen molar-refractivity contribution in [2.45, 2.75) is 22.6 Å². The predicted molar refractivity (Wildman–Crippen MR) is 148 cm³/mol. The molecule has 0 unspecified atom stereocenters. The van der Waals surface area contributed by atoms with Crippen LogP contribution in [0.2, 0.25) is 0 Å². The van der Waals surface area contributed by atoms with Gasteiger partial charge in [-0.2, -0.15) is 47.7 Å². The van der Waals surface area contributed by atoms with E-state index in [0.29, 0.717) is 0 Å². The fraction of sp³-hybridized carbons (Fsp3) is 0.0714. The number of hydrogen-bond acceptors (Lipinski definition) is 4. The molecule has 2 aliphatic rings. The van der Waals surface area contributed by atoms with Crippen LogP contribution in [0.15, 0.2) is 56.6 Å². The molecule has 50 heavy (non-hydrogen) atoms. The van der Waals surface area contributed by atoms with Crippen molar-refractivity contribution < 1.29 is 56.4 Å². The van der Waals surface area contributed by atoms with E-state index < -0.39 is 133 Å². The number of nitrogens with zero attached hydrogens (tertiary/aromatic N) is 6. The van der Waals surface area contributed by atoms with E-state index in [1.807, 2.05) is 0 Å². The second-order valence-corrected chi connectivity index (χ2v) is 15.2. The monoisotopic (exact) mass is 758 g/mol. The summed E-state index contributed by atoms with van der Waals surface area (Å²) in [5.74, 6) is -9.13. The molecule has 22 heteroatoms. The minimum absolute atomic E-state index is 0.00313. The van der Waals surface area contributed by atoms with Gasteiger partial charge in [0.15, 0.2) is 0 Å². The number of pyridine rings is 2. The van der Waals surface area contributed by atoms with Gasteiger partial charge in [-0.3, -0.25) is 0 Å². The molecule has 5 rings (SSSR count). The first-order valence-corrected chi connectivity index (χ1v) is 16.6. The maximum Gasteiger partial charge on any atom is 0.523 e. The van der Waals surface area contributed by atoms with E-state index in [-0.39, 0.29) is 24.3 Å². The first-order chi connectivity index (χ1) is 22.5. The highest BCUT2D eigenvalue weighted by molar-refractivity contribution is 8.46. The van der Waals surface area contributed by atoms with Crippen molar-refractivity contribution in [2.24, 2.45) is 0 Å². The third-order valence-corrected chi connectivity index (χ3v) is 9.74. The van der Waals surface area contributed by atoms with Gasteiger partial charge in [0.25, 0.3) is 0 Å². The lowest BCUT2D eigenvalue weighted by Gasteiger charge is -2.45. The molecule has 0 amide bonds. The van der Waals surface area contributed by atoms with Crippen LogP contribution in [-0.2, 0) is 12.8 Å². The maximum absolute atomic E-state index is 15.3. The van der Waals surface area contributed by atoms with Crippen LogP contribution in [0, 0.1) is 59.6 Å². The van der Waals surface area contributed by atoms with Gasteiger partial charge in [-0.25, -0.2) is 0 Å². The molecule has 2 aromatic heterocycles. The van der Waals surface area contributed by atoms with E-state index in [4.69, 9.17) is 13.1 Å². The van der Waals surface area contributed by atoms with E-state index in [9.17, 15) is 28.1 Å². The van der Waals surface area contributed by atoms with Crippen LogP contribution in [0.25, 0.3) is 20.8 Å². The second-order valence-electron chi connectivity index (χ2n) is 10.5. The SMILES string of the molecule is [C-]#[N+]C([N+]#[C-])=C1Cc2c(S(F)(F)(F)(F)F)c3c(c(S(F)(F)(F)(F)F)c2=C1c1cc(F)nc(F)c1)CC(=C(C#N)C#N)C=3c1cc(F)nc(F)c1. The van der Waals surface area contributed by atoms with Crippen molar-refractivity contribution in [2.75, 3.05) is 0 Å². The number of fused-ring (bicyclic) bond motifs is 2. The third-order valence-electron chi connectivity index (χ3n) is 7.30. The fourth-order valence-electron chi connectivity index (χ4n) is 5.93. The van der Waals surface area contributed by atoms with Gasteiger partial charge in [-0.1, -0.05) is 38.9 Å².